The second-order valence-corrected chi connectivity index (χ2v) is 5.35. The van der Waals surface area contributed by atoms with Crippen molar-refractivity contribution in [3.05, 3.63) is 73.5 Å². The molecule has 0 aromatic heterocycles. The molecule has 0 amide bonds. The summed E-state index contributed by atoms with van der Waals surface area (Å²) in [4.78, 5) is 12.5. The zero-order valence-electron chi connectivity index (χ0n) is 12.3. The Balaban J connectivity index is 0.000000251. The number of benzene rings is 2. The van der Waals surface area contributed by atoms with Gasteiger partial charge in [-0.15, -0.1) is 0 Å². The summed E-state index contributed by atoms with van der Waals surface area (Å²) in [6, 6.07) is 7.10. The number of nitrogen functional groups attached to an aromatic ring is 1. The van der Waals surface area contributed by atoms with Gasteiger partial charge in [-0.1, -0.05) is 22.0 Å². The number of nitro benzene ring substituents is 1. The largest absolute Gasteiger partial charge is 0.399 e. The molecular weight excluding hydrogens is 410 g/mol. The Morgan fingerprint density at radius 2 is 1.68 bits per heavy atom. The first-order chi connectivity index (χ1) is 11.7. The summed E-state index contributed by atoms with van der Waals surface area (Å²) in [5.41, 5.74) is 4.49. The highest BCUT2D eigenvalue weighted by Crippen LogP contribution is 2.31. The Morgan fingerprint density at radius 1 is 1.08 bits per heavy atom. The number of nitro groups is 1. The lowest BCUT2D eigenvalue weighted by atomic mass is 10.1. The van der Waals surface area contributed by atoms with Gasteiger partial charge in [-0.2, -0.15) is 0 Å². The summed E-state index contributed by atoms with van der Waals surface area (Å²) in [7, 11) is 0. The quantitative estimate of drug-likeness (QED) is 0.216. The minimum absolute atomic E-state index is 0.0424. The van der Waals surface area contributed by atoms with Gasteiger partial charge in [-0.25, -0.2) is 22.4 Å². The molecule has 0 aliphatic rings. The number of alkyl halides is 4. The molecule has 2 aromatic carbocycles. The van der Waals surface area contributed by atoms with E-state index in [1.54, 1.807) is 0 Å². The minimum atomic E-state index is -2.71. The third kappa shape index (κ3) is 5.72. The second kappa shape index (κ2) is 8.98. The van der Waals surface area contributed by atoms with Crippen molar-refractivity contribution in [1.82, 2.24) is 0 Å². The fraction of sp³-hybridized carbons (Fsp3) is 0.133. The molecule has 0 bridgehead atoms. The van der Waals surface area contributed by atoms with Crippen LogP contribution in [0.3, 0.4) is 0 Å². The first-order valence-corrected chi connectivity index (χ1v) is 7.23. The predicted molar refractivity (Wildman–Crippen MR) is 87.8 cm³/mol. The normalized spacial score (nSPS) is 10.2. The zero-order chi connectivity index (χ0) is 19.1. The number of hydrogen-bond donors (Lipinski definition) is 1. The summed E-state index contributed by atoms with van der Waals surface area (Å²) in [5, 5.41) is 10.2. The van der Waals surface area contributed by atoms with Crippen LogP contribution in [-0.4, -0.2) is 4.92 Å². The van der Waals surface area contributed by atoms with E-state index in [0.717, 1.165) is 18.2 Å². The van der Waals surface area contributed by atoms with Gasteiger partial charge < -0.3 is 5.73 Å². The smallest absolute Gasteiger partial charge is 0.269 e. The van der Waals surface area contributed by atoms with Crippen LogP contribution in [0, 0.1) is 16.7 Å². The van der Waals surface area contributed by atoms with Gasteiger partial charge in [0.1, 0.15) is 0 Å². The standard InChI is InChI=1S/C8H6F2N2.C7H4BrF2NO2/c1-12-7-3-2-5(11)4-6(7)8(9)10;8-6-2-1-4(11(12)13)3-5(6)7(9)10/h2-4,8H,11H2;1-3,7H. The molecule has 0 radical (unpaired) electrons. The molecule has 0 heterocycles. The van der Waals surface area contributed by atoms with E-state index in [2.05, 4.69) is 20.8 Å². The lowest BCUT2D eigenvalue weighted by Gasteiger charge is -2.02. The highest BCUT2D eigenvalue weighted by molar-refractivity contribution is 9.10. The van der Waals surface area contributed by atoms with Gasteiger partial charge in [-0.05, 0) is 18.2 Å². The van der Waals surface area contributed by atoms with Crippen LogP contribution in [0.25, 0.3) is 4.85 Å². The summed E-state index contributed by atoms with van der Waals surface area (Å²) in [5.74, 6) is 0. The highest BCUT2D eigenvalue weighted by atomic mass is 79.9. The monoisotopic (exact) mass is 419 g/mol. The number of anilines is 1. The maximum Gasteiger partial charge on any atom is 0.269 e. The average Bonchev–Trinajstić information content (AvgIpc) is 2.55. The Kier molecular flexibility index (Phi) is 7.32. The third-order valence-electron chi connectivity index (χ3n) is 2.83. The number of halogens is 5. The van der Waals surface area contributed by atoms with Gasteiger partial charge in [0.15, 0.2) is 5.69 Å². The van der Waals surface area contributed by atoms with E-state index in [1.807, 2.05) is 0 Å². The topological polar surface area (TPSA) is 73.5 Å². The molecular formula is C15H10BrF4N3O2. The maximum atomic E-state index is 12.2. The van der Waals surface area contributed by atoms with E-state index in [4.69, 9.17) is 12.3 Å². The molecule has 0 saturated carbocycles. The molecule has 2 N–H and O–H groups in total. The number of nitrogens with two attached hydrogens (primary N) is 1. The van der Waals surface area contributed by atoms with Gasteiger partial charge in [0.25, 0.3) is 18.5 Å². The zero-order valence-corrected chi connectivity index (χ0v) is 13.9. The summed E-state index contributed by atoms with van der Waals surface area (Å²) in [6.45, 7) is 6.60. The van der Waals surface area contributed by atoms with Crippen molar-refractivity contribution >= 4 is 33.0 Å². The predicted octanol–water partition coefficient (Wildman–Crippen LogP) is 6.05. The van der Waals surface area contributed by atoms with E-state index in [9.17, 15) is 27.7 Å². The fourth-order valence-corrected chi connectivity index (χ4v) is 2.08. The van der Waals surface area contributed by atoms with Gasteiger partial charge in [0.2, 0.25) is 0 Å². The average molecular weight is 420 g/mol. The number of non-ortho nitro benzene ring substituents is 1. The van der Waals surface area contributed by atoms with E-state index in [-0.39, 0.29) is 32.7 Å². The number of nitrogens with zero attached hydrogens (tertiary/aromatic N) is 2. The van der Waals surface area contributed by atoms with Crippen LogP contribution in [0.2, 0.25) is 0 Å². The SMILES string of the molecule is O=[N+]([O-])c1ccc(Br)c(C(F)F)c1.[C-]#[N+]c1ccc(N)cc1C(F)F. The molecule has 0 spiro atoms. The van der Waals surface area contributed by atoms with Gasteiger partial charge in [0.05, 0.1) is 11.5 Å². The van der Waals surface area contributed by atoms with Crippen LogP contribution in [0.4, 0.5) is 34.6 Å². The van der Waals surface area contributed by atoms with Gasteiger partial charge >= 0.3 is 0 Å². The van der Waals surface area contributed by atoms with E-state index in [1.165, 1.54) is 18.2 Å². The van der Waals surface area contributed by atoms with E-state index < -0.39 is 17.8 Å². The third-order valence-corrected chi connectivity index (χ3v) is 3.55. The number of hydrogen-bond acceptors (Lipinski definition) is 3. The van der Waals surface area contributed by atoms with Crippen LogP contribution in [0.1, 0.15) is 24.0 Å². The van der Waals surface area contributed by atoms with Crippen molar-refractivity contribution < 1.29 is 22.5 Å². The molecule has 5 nitrogen and oxygen atoms in total. The van der Waals surface area contributed by atoms with E-state index in [0.29, 0.717) is 0 Å². The number of rotatable bonds is 3. The fourth-order valence-electron chi connectivity index (χ4n) is 1.66. The molecule has 2 rings (SSSR count). The summed E-state index contributed by atoms with van der Waals surface area (Å²) >= 11 is 2.88. The molecule has 2 aromatic rings. The van der Waals surface area contributed by atoms with Crippen molar-refractivity contribution in [3.8, 4) is 0 Å². The van der Waals surface area contributed by atoms with Crippen molar-refractivity contribution in [2.24, 2.45) is 0 Å². The lowest BCUT2D eigenvalue weighted by Crippen LogP contribution is -1.92. The molecule has 0 aliphatic heterocycles. The first-order valence-electron chi connectivity index (χ1n) is 6.44. The van der Waals surface area contributed by atoms with Crippen molar-refractivity contribution in [2.45, 2.75) is 12.9 Å². The maximum absolute atomic E-state index is 12.2. The van der Waals surface area contributed by atoms with Crippen LogP contribution >= 0.6 is 15.9 Å². The molecule has 0 unspecified atom stereocenters. The highest BCUT2D eigenvalue weighted by Gasteiger charge is 2.16. The molecule has 10 heteroatoms. The van der Waals surface area contributed by atoms with Crippen molar-refractivity contribution in [2.75, 3.05) is 5.73 Å². The minimum Gasteiger partial charge on any atom is -0.399 e. The first kappa shape index (κ1) is 20.4. The van der Waals surface area contributed by atoms with Crippen molar-refractivity contribution in [3.63, 3.8) is 0 Å². The Hall–Kier alpha value is -2.67. The Labute approximate surface area is 148 Å². The Bertz CT molecular complexity index is 810. The molecule has 0 fully saturated rings. The van der Waals surface area contributed by atoms with Gasteiger partial charge in [0, 0.05) is 33.4 Å². The molecule has 0 aliphatic carbocycles. The lowest BCUT2D eigenvalue weighted by molar-refractivity contribution is -0.385. The van der Waals surface area contributed by atoms with Crippen LogP contribution in [0.5, 0.6) is 0 Å². The molecule has 0 atom stereocenters. The summed E-state index contributed by atoms with van der Waals surface area (Å²) in [6.07, 6.45) is -5.35. The summed E-state index contributed by atoms with van der Waals surface area (Å²) < 4.78 is 49.0. The second-order valence-electron chi connectivity index (χ2n) is 4.49. The van der Waals surface area contributed by atoms with Crippen LogP contribution < -0.4 is 5.73 Å². The Morgan fingerprint density at radius 3 is 2.16 bits per heavy atom. The van der Waals surface area contributed by atoms with Crippen molar-refractivity contribution in [1.29, 1.82) is 0 Å². The molecule has 0 saturated heterocycles. The van der Waals surface area contributed by atoms with Crippen LogP contribution in [0.15, 0.2) is 40.9 Å². The molecule has 132 valence electrons. The van der Waals surface area contributed by atoms with E-state index >= 15 is 0 Å². The van der Waals surface area contributed by atoms with Gasteiger partial charge in [-0.3, -0.25) is 10.1 Å². The molecule has 25 heavy (non-hydrogen) atoms. The van der Waals surface area contributed by atoms with Crippen LogP contribution in [-0.2, 0) is 0 Å².